The highest BCUT2D eigenvalue weighted by atomic mass is 35.5. The highest BCUT2D eigenvalue weighted by Gasteiger charge is 2.22. The summed E-state index contributed by atoms with van der Waals surface area (Å²) < 4.78 is 5.10. The monoisotopic (exact) mass is 234 g/mol. The number of rotatable bonds is 3. The van der Waals surface area contributed by atoms with Crippen LogP contribution in [0, 0.1) is 0 Å². The predicted molar refractivity (Wildman–Crippen MR) is 56.9 cm³/mol. The fourth-order valence-electron chi connectivity index (χ4n) is 0.935. The number of epoxide rings is 1. The minimum Gasteiger partial charge on any atom is -0.372 e. The van der Waals surface area contributed by atoms with Crippen molar-refractivity contribution in [2.24, 2.45) is 0 Å². The Balaban J connectivity index is 2.03. The summed E-state index contributed by atoms with van der Waals surface area (Å²) in [4.78, 5) is 1.03. The van der Waals surface area contributed by atoms with Crippen molar-refractivity contribution in [1.29, 1.82) is 0 Å². The van der Waals surface area contributed by atoms with Crippen LogP contribution in [0.15, 0.2) is 23.1 Å². The smallest absolute Gasteiger partial charge is 0.0903 e. The molecule has 4 heteroatoms. The van der Waals surface area contributed by atoms with Crippen molar-refractivity contribution in [2.45, 2.75) is 11.0 Å². The largest absolute Gasteiger partial charge is 0.372 e. The quantitative estimate of drug-likeness (QED) is 0.587. The molecule has 1 fully saturated rings. The highest BCUT2D eigenvalue weighted by Crippen LogP contribution is 2.31. The first kappa shape index (κ1) is 9.66. The summed E-state index contributed by atoms with van der Waals surface area (Å²) in [6.07, 6.45) is 0.417. The van der Waals surface area contributed by atoms with Gasteiger partial charge in [0.25, 0.3) is 0 Å². The summed E-state index contributed by atoms with van der Waals surface area (Å²) in [5, 5.41) is 1.48. The van der Waals surface area contributed by atoms with Crippen LogP contribution in [0.5, 0.6) is 0 Å². The van der Waals surface area contributed by atoms with Gasteiger partial charge in [-0.3, -0.25) is 0 Å². The summed E-state index contributed by atoms with van der Waals surface area (Å²) in [7, 11) is 0. The fourth-order valence-corrected chi connectivity index (χ4v) is 2.43. The van der Waals surface area contributed by atoms with Gasteiger partial charge in [0.2, 0.25) is 0 Å². The van der Waals surface area contributed by atoms with Crippen LogP contribution in [0.4, 0.5) is 0 Å². The Bertz CT molecular complexity index is 312. The van der Waals surface area contributed by atoms with Crippen LogP contribution in [0.2, 0.25) is 10.0 Å². The Morgan fingerprint density at radius 2 is 2.23 bits per heavy atom. The van der Waals surface area contributed by atoms with Crippen molar-refractivity contribution >= 4 is 35.0 Å². The second-order valence-electron chi connectivity index (χ2n) is 2.84. The van der Waals surface area contributed by atoms with Crippen molar-refractivity contribution in [2.75, 3.05) is 12.4 Å². The molecule has 1 heterocycles. The molecule has 1 nitrogen and oxygen atoms in total. The number of thioether (sulfide) groups is 1. The average molecular weight is 235 g/mol. The van der Waals surface area contributed by atoms with E-state index in [0.29, 0.717) is 6.10 Å². The summed E-state index contributed by atoms with van der Waals surface area (Å²) >= 11 is 13.5. The van der Waals surface area contributed by atoms with E-state index < -0.39 is 0 Å². The van der Waals surface area contributed by atoms with Crippen LogP contribution in [-0.4, -0.2) is 18.5 Å². The molecule has 70 valence electrons. The predicted octanol–water partition coefficient (Wildman–Crippen LogP) is 3.48. The minimum absolute atomic E-state index is 0.417. The molecule has 1 unspecified atom stereocenters. The molecule has 0 saturated carbocycles. The van der Waals surface area contributed by atoms with Gasteiger partial charge in [0.05, 0.1) is 17.7 Å². The third-order valence-electron chi connectivity index (χ3n) is 1.72. The third kappa shape index (κ3) is 2.78. The van der Waals surface area contributed by atoms with E-state index in [1.807, 2.05) is 12.1 Å². The molecule has 13 heavy (non-hydrogen) atoms. The van der Waals surface area contributed by atoms with E-state index in [2.05, 4.69) is 0 Å². The number of hydrogen-bond donors (Lipinski definition) is 0. The maximum absolute atomic E-state index is 5.98. The van der Waals surface area contributed by atoms with Gasteiger partial charge in [-0.1, -0.05) is 23.2 Å². The van der Waals surface area contributed by atoms with Gasteiger partial charge in [-0.25, -0.2) is 0 Å². The number of halogens is 2. The zero-order valence-electron chi connectivity index (χ0n) is 6.80. The lowest BCUT2D eigenvalue weighted by Crippen LogP contribution is -1.88. The molecular formula is C9H8Cl2OS. The normalized spacial score (nSPS) is 20.3. The van der Waals surface area contributed by atoms with Crippen molar-refractivity contribution < 1.29 is 4.74 Å². The van der Waals surface area contributed by atoms with Gasteiger partial charge in [0.15, 0.2) is 0 Å². The molecule has 1 atom stereocenters. The molecule has 1 aliphatic rings. The topological polar surface area (TPSA) is 12.5 Å². The van der Waals surface area contributed by atoms with Crippen LogP contribution in [-0.2, 0) is 4.74 Å². The standard InChI is InChI=1S/C9H8Cl2OS/c10-6-1-2-8(11)9(3-6)13-5-7-4-12-7/h1-3,7H,4-5H2. The Kier molecular flexibility index (Phi) is 3.04. The van der Waals surface area contributed by atoms with E-state index in [0.717, 1.165) is 27.3 Å². The lowest BCUT2D eigenvalue weighted by Gasteiger charge is -2.02. The van der Waals surface area contributed by atoms with Gasteiger partial charge in [-0.15, -0.1) is 11.8 Å². The molecule has 0 N–H and O–H groups in total. The highest BCUT2D eigenvalue weighted by molar-refractivity contribution is 7.99. The molecule has 1 aromatic carbocycles. The van der Waals surface area contributed by atoms with Gasteiger partial charge < -0.3 is 4.74 Å². The molecule has 2 rings (SSSR count). The molecule has 0 bridgehead atoms. The molecule has 0 aromatic heterocycles. The fraction of sp³-hybridized carbons (Fsp3) is 0.333. The van der Waals surface area contributed by atoms with Gasteiger partial charge in [0, 0.05) is 15.7 Å². The first-order valence-electron chi connectivity index (χ1n) is 3.95. The Morgan fingerprint density at radius 3 is 2.92 bits per heavy atom. The summed E-state index contributed by atoms with van der Waals surface area (Å²) in [6.45, 7) is 0.880. The number of ether oxygens (including phenoxy) is 1. The molecule has 1 saturated heterocycles. The van der Waals surface area contributed by atoms with Gasteiger partial charge >= 0.3 is 0 Å². The van der Waals surface area contributed by atoms with Crippen LogP contribution < -0.4 is 0 Å². The lowest BCUT2D eigenvalue weighted by molar-refractivity contribution is 0.426. The van der Waals surface area contributed by atoms with Crippen molar-refractivity contribution in [1.82, 2.24) is 0 Å². The van der Waals surface area contributed by atoms with Crippen molar-refractivity contribution in [3.8, 4) is 0 Å². The van der Waals surface area contributed by atoms with Crippen LogP contribution >= 0.6 is 35.0 Å². The van der Waals surface area contributed by atoms with Crippen LogP contribution in [0.1, 0.15) is 0 Å². The molecule has 1 aliphatic heterocycles. The first-order chi connectivity index (χ1) is 6.25. The van der Waals surface area contributed by atoms with E-state index in [1.54, 1.807) is 17.8 Å². The molecule has 1 aromatic rings. The minimum atomic E-state index is 0.417. The second kappa shape index (κ2) is 4.09. The van der Waals surface area contributed by atoms with Crippen molar-refractivity contribution in [3.05, 3.63) is 28.2 Å². The Morgan fingerprint density at radius 1 is 1.46 bits per heavy atom. The van der Waals surface area contributed by atoms with E-state index in [4.69, 9.17) is 27.9 Å². The van der Waals surface area contributed by atoms with E-state index in [-0.39, 0.29) is 0 Å². The second-order valence-corrected chi connectivity index (χ2v) is 4.75. The summed E-state index contributed by atoms with van der Waals surface area (Å²) in [6, 6.07) is 5.50. The van der Waals surface area contributed by atoms with Crippen molar-refractivity contribution in [3.63, 3.8) is 0 Å². The summed E-state index contributed by atoms with van der Waals surface area (Å²) in [5.41, 5.74) is 0. The zero-order valence-corrected chi connectivity index (χ0v) is 9.12. The SMILES string of the molecule is Clc1ccc(Cl)c(SCC2CO2)c1. The van der Waals surface area contributed by atoms with E-state index in [9.17, 15) is 0 Å². The van der Waals surface area contributed by atoms with E-state index in [1.165, 1.54) is 0 Å². The van der Waals surface area contributed by atoms with Gasteiger partial charge in [0.1, 0.15) is 0 Å². The Hall–Kier alpha value is 0.110. The lowest BCUT2D eigenvalue weighted by atomic mass is 10.4. The maximum Gasteiger partial charge on any atom is 0.0903 e. The van der Waals surface area contributed by atoms with E-state index >= 15 is 0 Å². The zero-order chi connectivity index (χ0) is 9.26. The maximum atomic E-state index is 5.98. The molecule has 0 radical (unpaired) electrons. The number of benzene rings is 1. The molecule has 0 aliphatic carbocycles. The molecule has 0 spiro atoms. The molecule has 0 amide bonds. The third-order valence-corrected chi connectivity index (χ3v) is 3.58. The van der Waals surface area contributed by atoms with Gasteiger partial charge in [-0.05, 0) is 18.2 Å². The van der Waals surface area contributed by atoms with Crippen LogP contribution in [0.3, 0.4) is 0 Å². The number of hydrogen-bond acceptors (Lipinski definition) is 2. The molecular weight excluding hydrogens is 227 g/mol. The average Bonchev–Trinajstić information content (AvgIpc) is 2.90. The van der Waals surface area contributed by atoms with Crippen LogP contribution in [0.25, 0.3) is 0 Å². The summed E-state index contributed by atoms with van der Waals surface area (Å²) in [5.74, 6) is 0.958. The first-order valence-corrected chi connectivity index (χ1v) is 5.69. The van der Waals surface area contributed by atoms with Gasteiger partial charge in [-0.2, -0.15) is 0 Å². The Labute approximate surface area is 91.4 Å².